The maximum Gasteiger partial charge on any atom is 0.156 e. The smallest absolute Gasteiger partial charge is 0.156 e. The molecule has 1 saturated heterocycles. The van der Waals surface area contributed by atoms with Gasteiger partial charge in [0.15, 0.2) is 5.84 Å². The molecule has 1 unspecified atom stereocenters. The quantitative estimate of drug-likeness (QED) is 0.326. The van der Waals surface area contributed by atoms with Crippen LogP contribution < -0.4 is 5.73 Å². The van der Waals surface area contributed by atoms with E-state index < -0.39 is 0 Å². The molecule has 0 spiro atoms. The van der Waals surface area contributed by atoms with E-state index in [1.54, 1.807) is 12.1 Å². The van der Waals surface area contributed by atoms with Gasteiger partial charge >= 0.3 is 0 Å². The van der Waals surface area contributed by atoms with Crippen LogP contribution in [0.2, 0.25) is 0 Å². The number of amidine groups is 1. The summed E-state index contributed by atoms with van der Waals surface area (Å²) < 4.78 is 0. The Morgan fingerprint density at radius 2 is 2.05 bits per heavy atom. The summed E-state index contributed by atoms with van der Waals surface area (Å²) in [6, 6.07) is 7.32. The molecule has 1 aliphatic heterocycles. The predicted molar refractivity (Wildman–Crippen MR) is 77.8 cm³/mol. The standard InChI is InChI=1S/C14H22N4O2/c1-11(14(15)16-20)18-7-5-17(6-8-18)10-12-3-2-4-13(19)9-12/h2-4,9,11,19-20H,5-8,10H2,1H3,(H2,15,16). The van der Waals surface area contributed by atoms with E-state index in [-0.39, 0.29) is 11.9 Å². The summed E-state index contributed by atoms with van der Waals surface area (Å²) in [6.45, 7) is 6.41. The second-order valence-electron chi connectivity index (χ2n) is 5.18. The van der Waals surface area contributed by atoms with Crippen molar-refractivity contribution in [2.75, 3.05) is 26.2 Å². The number of hydrogen-bond donors (Lipinski definition) is 3. The van der Waals surface area contributed by atoms with Crippen LogP contribution in [0, 0.1) is 0 Å². The highest BCUT2D eigenvalue weighted by Crippen LogP contribution is 2.15. The summed E-state index contributed by atoms with van der Waals surface area (Å²) >= 11 is 0. The predicted octanol–water partition coefficient (Wildman–Crippen LogP) is 0.645. The summed E-state index contributed by atoms with van der Waals surface area (Å²) in [6.07, 6.45) is 0. The van der Waals surface area contributed by atoms with E-state index in [1.165, 1.54) is 0 Å². The lowest BCUT2D eigenvalue weighted by Crippen LogP contribution is -2.52. The van der Waals surface area contributed by atoms with E-state index in [2.05, 4.69) is 15.0 Å². The molecule has 1 atom stereocenters. The Hall–Kier alpha value is -1.79. The lowest BCUT2D eigenvalue weighted by atomic mass is 10.1. The molecule has 1 aromatic rings. The number of rotatable bonds is 4. The third-order valence-electron chi connectivity index (χ3n) is 3.81. The molecule has 0 bridgehead atoms. The topological polar surface area (TPSA) is 85.3 Å². The van der Waals surface area contributed by atoms with Crippen LogP contribution in [0.25, 0.3) is 0 Å². The van der Waals surface area contributed by atoms with Gasteiger partial charge < -0.3 is 16.0 Å². The van der Waals surface area contributed by atoms with Gasteiger partial charge in [0.1, 0.15) is 5.75 Å². The van der Waals surface area contributed by atoms with Gasteiger partial charge in [0.05, 0.1) is 6.04 Å². The molecule has 6 heteroatoms. The highest BCUT2D eigenvalue weighted by molar-refractivity contribution is 5.84. The van der Waals surface area contributed by atoms with Gasteiger partial charge in [-0.15, -0.1) is 0 Å². The average molecular weight is 278 g/mol. The summed E-state index contributed by atoms with van der Waals surface area (Å²) in [5.41, 5.74) is 6.75. The lowest BCUT2D eigenvalue weighted by molar-refractivity contribution is 0.116. The van der Waals surface area contributed by atoms with Crippen LogP contribution in [0.4, 0.5) is 0 Å². The maximum atomic E-state index is 9.47. The zero-order valence-corrected chi connectivity index (χ0v) is 11.7. The van der Waals surface area contributed by atoms with Gasteiger partial charge in [-0.2, -0.15) is 0 Å². The highest BCUT2D eigenvalue weighted by Gasteiger charge is 2.23. The number of nitrogens with two attached hydrogens (primary N) is 1. The van der Waals surface area contributed by atoms with E-state index in [9.17, 15) is 5.11 Å². The van der Waals surface area contributed by atoms with Crippen LogP contribution in [0.3, 0.4) is 0 Å². The Kier molecular flexibility index (Phi) is 4.81. The second kappa shape index (κ2) is 6.58. The van der Waals surface area contributed by atoms with Crippen molar-refractivity contribution < 1.29 is 10.3 Å². The van der Waals surface area contributed by atoms with Gasteiger partial charge in [0, 0.05) is 32.7 Å². The van der Waals surface area contributed by atoms with Crippen molar-refractivity contribution in [2.45, 2.75) is 19.5 Å². The van der Waals surface area contributed by atoms with Crippen LogP contribution in [0.5, 0.6) is 5.75 Å². The van der Waals surface area contributed by atoms with Crippen LogP contribution in [-0.4, -0.2) is 58.2 Å². The molecule has 2 rings (SSSR count). The van der Waals surface area contributed by atoms with Gasteiger partial charge in [-0.3, -0.25) is 9.80 Å². The molecule has 0 aromatic heterocycles. The third-order valence-corrected chi connectivity index (χ3v) is 3.81. The van der Waals surface area contributed by atoms with E-state index in [0.29, 0.717) is 5.75 Å². The van der Waals surface area contributed by atoms with E-state index in [0.717, 1.165) is 38.3 Å². The molecule has 1 fully saturated rings. The molecule has 6 nitrogen and oxygen atoms in total. The van der Waals surface area contributed by atoms with Gasteiger partial charge in [0.2, 0.25) is 0 Å². The monoisotopic (exact) mass is 278 g/mol. The number of piperazine rings is 1. The normalized spacial score (nSPS) is 19.9. The largest absolute Gasteiger partial charge is 0.508 e. The molecular weight excluding hydrogens is 256 g/mol. The second-order valence-corrected chi connectivity index (χ2v) is 5.18. The van der Waals surface area contributed by atoms with Crippen molar-refractivity contribution in [3.05, 3.63) is 29.8 Å². The van der Waals surface area contributed by atoms with Gasteiger partial charge in [0.25, 0.3) is 0 Å². The number of oxime groups is 1. The molecule has 0 amide bonds. The number of benzene rings is 1. The van der Waals surface area contributed by atoms with Crippen molar-refractivity contribution in [3.63, 3.8) is 0 Å². The summed E-state index contributed by atoms with van der Waals surface area (Å²) in [7, 11) is 0. The Labute approximate surface area is 119 Å². The zero-order chi connectivity index (χ0) is 14.5. The van der Waals surface area contributed by atoms with E-state index in [4.69, 9.17) is 10.9 Å². The van der Waals surface area contributed by atoms with Crippen molar-refractivity contribution in [1.29, 1.82) is 0 Å². The Bertz CT molecular complexity index is 470. The van der Waals surface area contributed by atoms with Crippen LogP contribution >= 0.6 is 0 Å². The molecule has 110 valence electrons. The minimum absolute atomic E-state index is 0.0390. The molecule has 1 aromatic carbocycles. The number of nitrogens with zero attached hydrogens (tertiary/aromatic N) is 3. The summed E-state index contributed by atoms with van der Waals surface area (Å²) in [5.74, 6) is 0.563. The Morgan fingerprint density at radius 3 is 2.65 bits per heavy atom. The van der Waals surface area contributed by atoms with Gasteiger partial charge in [-0.25, -0.2) is 0 Å². The van der Waals surface area contributed by atoms with Crippen LogP contribution in [0.1, 0.15) is 12.5 Å². The minimum atomic E-state index is -0.0390. The lowest BCUT2D eigenvalue weighted by Gasteiger charge is -2.37. The van der Waals surface area contributed by atoms with Crippen LogP contribution in [-0.2, 0) is 6.54 Å². The first-order valence-electron chi connectivity index (χ1n) is 6.82. The number of phenolic OH excluding ortho intramolecular Hbond substituents is 1. The highest BCUT2D eigenvalue weighted by atomic mass is 16.4. The molecular formula is C14H22N4O2. The minimum Gasteiger partial charge on any atom is -0.508 e. The summed E-state index contributed by atoms with van der Waals surface area (Å²) in [5, 5.41) is 21.3. The number of phenols is 1. The van der Waals surface area contributed by atoms with Gasteiger partial charge in [-0.1, -0.05) is 17.3 Å². The first-order valence-corrected chi connectivity index (χ1v) is 6.82. The number of hydrogen-bond acceptors (Lipinski definition) is 5. The average Bonchev–Trinajstić information content (AvgIpc) is 2.46. The first kappa shape index (κ1) is 14.6. The van der Waals surface area contributed by atoms with Gasteiger partial charge in [-0.05, 0) is 24.6 Å². The van der Waals surface area contributed by atoms with Crippen molar-refractivity contribution in [3.8, 4) is 5.75 Å². The molecule has 4 N–H and O–H groups in total. The van der Waals surface area contributed by atoms with Crippen molar-refractivity contribution in [1.82, 2.24) is 9.80 Å². The first-order chi connectivity index (χ1) is 9.60. The van der Waals surface area contributed by atoms with Crippen molar-refractivity contribution in [2.24, 2.45) is 10.9 Å². The molecule has 1 heterocycles. The zero-order valence-electron chi connectivity index (χ0n) is 11.7. The SMILES string of the molecule is CC(/C(N)=N/O)N1CCN(Cc2cccc(O)c2)CC1. The maximum absolute atomic E-state index is 9.47. The third kappa shape index (κ3) is 3.61. The fourth-order valence-electron chi connectivity index (χ4n) is 2.49. The fourth-order valence-corrected chi connectivity index (χ4v) is 2.49. The molecule has 0 aliphatic carbocycles. The van der Waals surface area contributed by atoms with Crippen LogP contribution in [0.15, 0.2) is 29.4 Å². The molecule has 20 heavy (non-hydrogen) atoms. The molecule has 0 radical (unpaired) electrons. The number of aromatic hydroxyl groups is 1. The fraction of sp³-hybridized carbons (Fsp3) is 0.500. The van der Waals surface area contributed by atoms with E-state index in [1.807, 2.05) is 19.1 Å². The Morgan fingerprint density at radius 1 is 1.35 bits per heavy atom. The molecule has 0 saturated carbocycles. The summed E-state index contributed by atoms with van der Waals surface area (Å²) in [4.78, 5) is 4.54. The van der Waals surface area contributed by atoms with Crippen molar-refractivity contribution >= 4 is 5.84 Å². The molecule has 1 aliphatic rings. The van der Waals surface area contributed by atoms with E-state index >= 15 is 0 Å². The Balaban J connectivity index is 1.85.